The van der Waals surface area contributed by atoms with Crippen LogP contribution >= 0.6 is 15.9 Å². The first-order chi connectivity index (χ1) is 10.3. The van der Waals surface area contributed by atoms with E-state index in [4.69, 9.17) is 9.47 Å². The highest BCUT2D eigenvalue weighted by molar-refractivity contribution is 9.10. The largest absolute Gasteiger partial charge is 0.490 e. The Kier molecular flexibility index (Phi) is 6.84. The monoisotopic (exact) mass is 355 g/mol. The fraction of sp³-hybridized carbons (Fsp3) is 0.647. The summed E-state index contributed by atoms with van der Waals surface area (Å²) < 4.78 is 12.6. The molecule has 1 unspecified atom stereocenters. The number of benzene rings is 1. The molecule has 0 bridgehead atoms. The Balaban J connectivity index is 2.11. The zero-order chi connectivity index (χ0) is 15.1. The molecule has 0 aromatic heterocycles. The van der Waals surface area contributed by atoms with Crippen LogP contribution in [0, 0.1) is 0 Å². The lowest BCUT2D eigenvalue weighted by atomic mass is 9.99. The molecule has 1 aromatic carbocycles. The van der Waals surface area contributed by atoms with Gasteiger partial charge in [0.1, 0.15) is 0 Å². The summed E-state index contributed by atoms with van der Waals surface area (Å²) in [6.07, 6.45) is 7.23. The van der Waals surface area contributed by atoms with Gasteiger partial charge in [-0.2, -0.15) is 0 Å². The Hall–Kier alpha value is -0.740. The third-order valence-corrected chi connectivity index (χ3v) is 4.62. The fourth-order valence-corrected chi connectivity index (χ4v) is 3.30. The average molecular weight is 356 g/mol. The molecule has 0 saturated heterocycles. The summed E-state index contributed by atoms with van der Waals surface area (Å²) in [6, 6.07) is 4.53. The highest BCUT2D eigenvalue weighted by Crippen LogP contribution is 2.38. The second-order valence-electron chi connectivity index (χ2n) is 5.56. The predicted octanol–water partition coefficient (Wildman–Crippen LogP) is 4.84. The van der Waals surface area contributed by atoms with E-state index < -0.39 is 0 Å². The van der Waals surface area contributed by atoms with Gasteiger partial charge in [-0.3, -0.25) is 0 Å². The summed E-state index contributed by atoms with van der Waals surface area (Å²) >= 11 is 3.69. The lowest BCUT2D eigenvalue weighted by Gasteiger charge is -2.20. The third-order valence-electron chi connectivity index (χ3n) is 3.94. The van der Waals surface area contributed by atoms with Gasteiger partial charge in [0.05, 0.1) is 13.2 Å². The number of hydrogen-bond acceptors (Lipinski definition) is 3. The van der Waals surface area contributed by atoms with E-state index in [0.29, 0.717) is 6.04 Å². The van der Waals surface area contributed by atoms with E-state index in [1.165, 1.54) is 31.2 Å². The van der Waals surface area contributed by atoms with Gasteiger partial charge in [0.2, 0.25) is 0 Å². The van der Waals surface area contributed by atoms with Crippen LogP contribution in [0.25, 0.3) is 0 Å². The van der Waals surface area contributed by atoms with Gasteiger partial charge in [-0.05, 0) is 31.2 Å². The van der Waals surface area contributed by atoms with E-state index >= 15 is 0 Å². The molecule has 1 N–H and O–H groups in total. The second kappa shape index (κ2) is 8.64. The van der Waals surface area contributed by atoms with Crippen LogP contribution in [0.15, 0.2) is 16.6 Å². The molecule has 1 aromatic rings. The van der Waals surface area contributed by atoms with Gasteiger partial charge in [0.25, 0.3) is 0 Å². The first kappa shape index (κ1) is 16.6. The number of nitrogens with one attached hydrogen (secondary N) is 1. The summed E-state index contributed by atoms with van der Waals surface area (Å²) in [5, 5.41) is 3.43. The fourth-order valence-electron chi connectivity index (χ4n) is 2.70. The molecule has 0 saturated carbocycles. The van der Waals surface area contributed by atoms with Crippen molar-refractivity contribution in [2.24, 2.45) is 0 Å². The summed E-state index contributed by atoms with van der Waals surface area (Å²) in [5.74, 6) is 1.73. The molecule has 1 heterocycles. The van der Waals surface area contributed by atoms with Crippen LogP contribution in [0.1, 0.15) is 57.1 Å². The van der Waals surface area contributed by atoms with Gasteiger partial charge in [-0.15, -0.1) is 0 Å². The van der Waals surface area contributed by atoms with Crippen LogP contribution in [0.5, 0.6) is 11.5 Å². The molecule has 0 fully saturated rings. The number of unbranched alkanes of at least 4 members (excludes halogenated alkanes) is 3. The first-order valence-corrected chi connectivity index (χ1v) is 8.81. The van der Waals surface area contributed by atoms with Crippen LogP contribution in [-0.2, 0) is 0 Å². The third kappa shape index (κ3) is 4.62. The van der Waals surface area contributed by atoms with Gasteiger partial charge in [-0.25, -0.2) is 0 Å². The van der Waals surface area contributed by atoms with Gasteiger partial charge in [0, 0.05) is 16.9 Å². The van der Waals surface area contributed by atoms with Crippen molar-refractivity contribution in [3.8, 4) is 11.5 Å². The maximum absolute atomic E-state index is 5.81. The van der Waals surface area contributed by atoms with Crippen molar-refractivity contribution in [3.63, 3.8) is 0 Å². The van der Waals surface area contributed by atoms with Crippen LogP contribution in [0.3, 0.4) is 0 Å². The SMILES string of the molecule is CCCCCCC(NC)c1cc2c(cc1Br)OCCCO2. The van der Waals surface area contributed by atoms with Crippen molar-refractivity contribution in [1.29, 1.82) is 0 Å². The van der Waals surface area contributed by atoms with Gasteiger partial charge >= 0.3 is 0 Å². The minimum absolute atomic E-state index is 0.355. The van der Waals surface area contributed by atoms with E-state index in [0.717, 1.165) is 42.0 Å². The molecule has 2 rings (SSSR count). The van der Waals surface area contributed by atoms with E-state index in [2.05, 4.69) is 34.2 Å². The average Bonchev–Trinajstić information content (AvgIpc) is 2.72. The molecule has 0 radical (unpaired) electrons. The van der Waals surface area contributed by atoms with E-state index in [9.17, 15) is 0 Å². The Bertz CT molecular complexity index is 451. The van der Waals surface area contributed by atoms with E-state index in [1.54, 1.807) is 0 Å². The lowest BCUT2D eigenvalue weighted by Crippen LogP contribution is -2.17. The molecule has 118 valence electrons. The molecule has 1 aliphatic rings. The second-order valence-corrected chi connectivity index (χ2v) is 6.42. The van der Waals surface area contributed by atoms with Crippen LogP contribution < -0.4 is 14.8 Å². The minimum Gasteiger partial charge on any atom is -0.490 e. The van der Waals surface area contributed by atoms with Crippen molar-refractivity contribution in [2.75, 3.05) is 20.3 Å². The topological polar surface area (TPSA) is 30.5 Å². The normalized spacial score (nSPS) is 15.6. The Morgan fingerprint density at radius 3 is 2.52 bits per heavy atom. The molecule has 3 nitrogen and oxygen atoms in total. The van der Waals surface area contributed by atoms with Crippen molar-refractivity contribution >= 4 is 15.9 Å². The smallest absolute Gasteiger partial charge is 0.162 e. The maximum atomic E-state index is 5.81. The zero-order valence-electron chi connectivity index (χ0n) is 13.1. The minimum atomic E-state index is 0.355. The highest BCUT2D eigenvalue weighted by Gasteiger charge is 2.18. The molecule has 0 amide bonds. The van der Waals surface area contributed by atoms with Crippen LogP contribution in [-0.4, -0.2) is 20.3 Å². The van der Waals surface area contributed by atoms with Crippen LogP contribution in [0.4, 0.5) is 0 Å². The molecule has 0 aliphatic carbocycles. The molecule has 1 aliphatic heterocycles. The van der Waals surface area contributed by atoms with Crippen molar-refractivity contribution in [3.05, 3.63) is 22.2 Å². The summed E-state index contributed by atoms with van der Waals surface area (Å²) in [5.41, 5.74) is 1.26. The van der Waals surface area contributed by atoms with E-state index in [1.807, 2.05) is 13.1 Å². The highest BCUT2D eigenvalue weighted by atomic mass is 79.9. The van der Waals surface area contributed by atoms with Gasteiger partial charge in [-0.1, -0.05) is 48.5 Å². The standard InChI is InChI=1S/C17H26BrNO2/c1-3-4-5-6-8-15(19-2)13-11-16-17(12-14(13)18)21-10-7-9-20-16/h11-12,15,19H,3-10H2,1-2H3. The van der Waals surface area contributed by atoms with Crippen LogP contribution in [0.2, 0.25) is 0 Å². The number of rotatable bonds is 7. The Morgan fingerprint density at radius 1 is 1.14 bits per heavy atom. The number of hydrogen-bond donors (Lipinski definition) is 1. The Morgan fingerprint density at radius 2 is 1.86 bits per heavy atom. The van der Waals surface area contributed by atoms with Crippen molar-refractivity contribution < 1.29 is 9.47 Å². The van der Waals surface area contributed by atoms with Crippen molar-refractivity contribution in [2.45, 2.75) is 51.5 Å². The van der Waals surface area contributed by atoms with Gasteiger partial charge < -0.3 is 14.8 Å². The number of halogens is 1. The summed E-state index contributed by atoms with van der Waals surface area (Å²) in [7, 11) is 2.03. The first-order valence-electron chi connectivity index (χ1n) is 8.02. The molecular formula is C17H26BrNO2. The number of fused-ring (bicyclic) bond motifs is 1. The predicted molar refractivity (Wildman–Crippen MR) is 90.3 cm³/mol. The quantitative estimate of drug-likeness (QED) is 0.709. The lowest BCUT2D eigenvalue weighted by molar-refractivity contribution is 0.297. The molecule has 1 atom stereocenters. The molecule has 0 spiro atoms. The van der Waals surface area contributed by atoms with Gasteiger partial charge in [0.15, 0.2) is 11.5 Å². The zero-order valence-corrected chi connectivity index (χ0v) is 14.7. The molecule has 4 heteroatoms. The van der Waals surface area contributed by atoms with Crippen molar-refractivity contribution in [1.82, 2.24) is 5.32 Å². The maximum Gasteiger partial charge on any atom is 0.162 e. The molecular weight excluding hydrogens is 330 g/mol. The summed E-state index contributed by atoms with van der Waals surface area (Å²) in [6.45, 7) is 3.70. The molecule has 21 heavy (non-hydrogen) atoms. The number of ether oxygens (including phenoxy) is 2. The summed E-state index contributed by atoms with van der Waals surface area (Å²) in [4.78, 5) is 0. The Labute approximate surface area is 136 Å². The van der Waals surface area contributed by atoms with E-state index in [-0.39, 0.29) is 0 Å².